The summed E-state index contributed by atoms with van der Waals surface area (Å²) in [7, 11) is 0. The Bertz CT molecular complexity index is 1190. The van der Waals surface area contributed by atoms with Crippen molar-refractivity contribution in [3.8, 4) is 0 Å². The van der Waals surface area contributed by atoms with Crippen molar-refractivity contribution in [3.63, 3.8) is 0 Å². The van der Waals surface area contributed by atoms with Crippen LogP contribution < -0.4 is 5.32 Å². The van der Waals surface area contributed by atoms with Gasteiger partial charge in [0, 0.05) is 19.0 Å². The Morgan fingerprint density at radius 1 is 0.917 bits per heavy atom. The molecule has 1 aliphatic rings. The van der Waals surface area contributed by atoms with Crippen LogP contribution in [0.2, 0.25) is 10.0 Å². The van der Waals surface area contributed by atoms with E-state index in [1.54, 1.807) is 17.0 Å². The van der Waals surface area contributed by atoms with Gasteiger partial charge in [-0.2, -0.15) is 0 Å². The fraction of sp³-hybridized carbons (Fsp3) is 0.333. The van der Waals surface area contributed by atoms with E-state index in [1.165, 1.54) is 0 Å². The van der Waals surface area contributed by atoms with Gasteiger partial charge in [-0.3, -0.25) is 9.59 Å². The Morgan fingerprint density at radius 2 is 1.61 bits per heavy atom. The Kier molecular flexibility index (Phi) is 9.06. The van der Waals surface area contributed by atoms with E-state index in [0.717, 1.165) is 47.9 Å². The maximum absolute atomic E-state index is 13.9. The highest BCUT2D eigenvalue weighted by Crippen LogP contribution is 2.25. The molecule has 1 N–H and O–H groups in total. The summed E-state index contributed by atoms with van der Waals surface area (Å²) in [6.07, 6.45) is 4.79. The summed E-state index contributed by atoms with van der Waals surface area (Å²) in [5.74, 6) is -0.221. The molecule has 2 amide bonds. The lowest BCUT2D eigenvalue weighted by atomic mass is 10.00. The van der Waals surface area contributed by atoms with Crippen LogP contribution in [0.5, 0.6) is 0 Å². The highest BCUT2D eigenvalue weighted by Gasteiger charge is 2.32. The van der Waals surface area contributed by atoms with Gasteiger partial charge >= 0.3 is 0 Å². The highest BCUT2D eigenvalue weighted by atomic mass is 35.5. The van der Waals surface area contributed by atoms with Gasteiger partial charge in [0.1, 0.15) is 6.04 Å². The molecule has 36 heavy (non-hydrogen) atoms. The first-order valence-electron chi connectivity index (χ1n) is 12.5. The Balaban J connectivity index is 1.67. The van der Waals surface area contributed by atoms with Gasteiger partial charge in [-0.05, 0) is 54.2 Å². The van der Waals surface area contributed by atoms with Crippen molar-refractivity contribution in [2.75, 3.05) is 0 Å². The predicted molar refractivity (Wildman–Crippen MR) is 146 cm³/mol. The Labute approximate surface area is 223 Å². The predicted octanol–water partition coefficient (Wildman–Crippen LogP) is 6.54. The molecule has 0 spiro atoms. The largest absolute Gasteiger partial charge is 0.352 e. The van der Waals surface area contributed by atoms with Crippen molar-refractivity contribution in [3.05, 3.63) is 105 Å². The molecule has 4 nitrogen and oxygen atoms in total. The third-order valence-electron chi connectivity index (χ3n) is 6.91. The quantitative estimate of drug-likeness (QED) is 0.346. The number of halogens is 2. The van der Waals surface area contributed by atoms with Crippen LogP contribution in [0.4, 0.5) is 0 Å². The average Bonchev–Trinajstić information content (AvgIpc) is 3.38. The number of aryl methyl sites for hydroxylation is 1. The molecule has 6 heteroatoms. The number of hydrogen-bond acceptors (Lipinski definition) is 2. The molecule has 0 aromatic heterocycles. The van der Waals surface area contributed by atoms with Gasteiger partial charge in [-0.1, -0.05) is 96.7 Å². The fourth-order valence-electron chi connectivity index (χ4n) is 4.82. The number of nitrogens with zero attached hydrogens (tertiary/aromatic N) is 1. The summed E-state index contributed by atoms with van der Waals surface area (Å²) in [4.78, 5) is 29.3. The summed E-state index contributed by atoms with van der Waals surface area (Å²) in [5.41, 5.74) is 3.88. The van der Waals surface area contributed by atoms with Crippen molar-refractivity contribution in [2.45, 2.75) is 64.1 Å². The van der Waals surface area contributed by atoms with Crippen molar-refractivity contribution in [1.29, 1.82) is 0 Å². The summed E-state index contributed by atoms with van der Waals surface area (Å²) in [6.45, 7) is 2.38. The number of rotatable bonds is 9. The van der Waals surface area contributed by atoms with E-state index < -0.39 is 6.04 Å². The van der Waals surface area contributed by atoms with E-state index in [9.17, 15) is 9.59 Å². The van der Waals surface area contributed by atoms with Gasteiger partial charge < -0.3 is 10.2 Å². The fourth-order valence-corrected chi connectivity index (χ4v) is 5.14. The summed E-state index contributed by atoms with van der Waals surface area (Å²) < 4.78 is 0. The monoisotopic (exact) mass is 522 g/mol. The van der Waals surface area contributed by atoms with Gasteiger partial charge in [0.2, 0.25) is 11.8 Å². The normalized spacial score (nSPS) is 14.4. The van der Waals surface area contributed by atoms with Gasteiger partial charge in [0.05, 0.1) is 16.5 Å². The molecule has 0 aliphatic heterocycles. The molecule has 1 fully saturated rings. The smallest absolute Gasteiger partial charge is 0.243 e. The van der Waals surface area contributed by atoms with E-state index >= 15 is 0 Å². The zero-order chi connectivity index (χ0) is 25.5. The third kappa shape index (κ3) is 6.89. The molecule has 0 unspecified atom stereocenters. The lowest BCUT2D eigenvalue weighted by Gasteiger charge is -2.33. The maximum Gasteiger partial charge on any atom is 0.243 e. The lowest BCUT2D eigenvalue weighted by molar-refractivity contribution is -0.141. The lowest BCUT2D eigenvalue weighted by Crippen LogP contribution is -2.52. The van der Waals surface area contributed by atoms with Gasteiger partial charge in [0.25, 0.3) is 0 Å². The first kappa shape index (κ1) is 26.2. The summed E-state index contributed by atoms with van der Waals surface area (Å²) in [6, 6.07) is 22.6. The molecule has 1 atom stereocenters. The van der Waals surface area contributed by atoms with Crippen molar-refractivity contribution >= 4 is 35.0 Å². The van der Waals surface area contributed by atoms with Crippen molar-refractivity contribution in [1.82, 2.24) is 10.2 Å². The molecule has 3 aromatic rings. The number of amides is 2. The number of hydrogen-bond donors (Lipinski definition) is 1. The second-order valence-electron chi connectivity index (χ2n) is 9.57. The number of benzene rings is 3. The first-order chi connectivity index (χ1) is 17.4. The van der Waals surface area contributed by atoms with E-state index in [-0.39, 0.29) is 24.3 Å². The number of carbonyl (C=O) groups excluding carboxylic acids is 2. The van der Waals surface area contributed by atoms with E-state index in [1.807, 2.05) is 67.6 Å². The second kappa shape index (κ2) is 12.4. The van der Waals surface area contributed by atoms with Crippen LogP contribution in [0.25, 0.3) is 0 Å². The van der Waals surface area contributed by atoms with E-state index in [4.69, 9.17) is 23.2 Å². The van der Waals surface area contributed by atoms with Crippen LogP contribution in [0.3, 0.4) is 0 Å². The zero-order valence-electron chi connectivity index (χ0n) is 20.6. The Hall–Kier alpha value is -2.82. The van der Waals surface area contributed by atoms with Crippen LogP contribution in [0.1, 0.15) is 47.9 Å². The molecule has 0 saturated heterocycles. The van der Waals surface area contributed by atoms with Crippen LogP contribution in [0, 0.1) is 6.92 Å². The first-order valence-corrected chi connectivity index (χ1v) is 13.3. The van der Waals surface area contributed by atoms with Crippen molar-refractivity contribution in [2.24, 2.45) is 0 Å². The SMILES string of the molecule is Cc1ccccc1CN(C(=O)Cc1ccc(Cl)c(Cl)c1)[C@@H](Cc1ccccc1)C(=O)NC1CCCC1. The second-order valence-corrected chi connectivity index (χ2v) is 10.4. The molecule has 0 bridgehead atoms. The number of carbonyl (C=O) groups is 2. The Morgan fingerprint density at radius 3 is 2.31 bits per heavy atom. The molecular formula is C30H32Cl2N2O2. The number of nitrogens with one attached hydrogen (secondary N) is 1. The topological polar surface area (TPSA) is 49.4 Å². The standard InChI is InChI=1S/C30H32Cl2N2O2/c1-21-9-5-6-12-24(21)20-34(29(35)19-23-15-16-26(31)27(32)17-23)28(18-22-10-3-2-4-11-22)30(36)33-25-13-7-8-14-25/h2-6,9-12,15-17,25,28H,7-8,13-14,18-20H2,1H3,(H,33,36)/t28-/m0/s1. The summed E-state index contributed by atoms with van der Waals surface area (Å²) >= 11 is 12.3. The third-order valence-corrected chi connectivity index (χ3v) is 7.65. The summed E-state index contributed by atoms with van der Waals surface area (Å²) in [5, 5.41) is 4.10. The maximum atomic E-state index is 13.9. The molecule has 1 aliphatic carbocycles. The molecule has 188 valence electrons. The average molecular weight is 524 g/mol. The molecular weight excluding hydrogens is 491 g/mol. The molecule has 1 saturated carbocycles. The molecule has 0 heterocycles. The minimum Gasteiger partial charge on any atom is -0.352 e. The minimum atomic E-state index is -0.636. The molecule has 4 rings (SSSR count). The molecule has 3 aromatic carbocycles. The van der Waals surface area contributed by atoms with Crippen LogP contribution in [0.15, 0.2) is 72.8 Å². The highest BCUT2D eigenvalue weighted by molar-refractivity contribution is 6.42. The van der Waals surface area contributed by atoms with Gasteiger partial charge in [-0.25, -0.2) is 0 Å². The van der Waals surface area contributed by atoms with E-state index in [2.05, 4.69) is 5.32 Å². The minimum absolute atomic E-state index is 0.0955. The van der Waals surface area contributed by atoms with Crippen LogP contribution in [-0.2, 0) is 29.0 Å². The van der Waals surface area contributed by atoms with Crippen LogP contribution >= 0.6 is 23.2 Å². The van der Waals surface area contributed by atoms with Gasteiger partial charge in [-0.15, -0.1) is 0 Å². The van der Waals surface area contributed by atoms with Gasteiger partial charge in [0.15, 0.2) is 0 Å². The van der Waals surface area contributed by atoms with Crippen LogP contribution in [-0.4, -0.2) is 28.8 Å². The molecule has 0 radical (unpaired) electrons. The van der Waals surface area contributed by atoms with Crippen molar-refractivity contribution < 1.29 is 9.59 Å². The van der Waals surface area contributed by atoms with E-state index in [0.29, 0.717) is 23.0 Å². The zero-order valence-corrected chi connectivity index (χ0v) is 22.1.